The van der Waals surface area contributed by atoms with Gasteiger partial charge < -0.3 is 34.9 Å². The molecule has 2 atom stereocenters. The third kappa shape index (κ3) is 4.36. The number of carboxylic acid groups (broad SMARTS) is 1. The molecule has 0 unspecified atom stereocenters. The lowest BCUT2D eigenvalue weighted by atomic mass is 10.2. The number of aromatic hydroxyl groups is 1. The first-order valence-electron chi connectivity index (χ1n) is 7.35. The van der Waals surface area contributed by atoms with Crippen molar-refractivity contribution in [1.29, 1.82) is 0 Å². The Balaban J connectivity index is 2.16. The highest BCUT2D eigenvalue weighted by molar-refractivity contribution is 8.00. The topological polar surface area (TPSA) is 150 Å². The molecule has 2 rings (SSSR count). The largest absolute Gasteiger partial charge is 0.481 e. The quantitative estimate of drug-likeness (QED) is 0.291. The van der Waals surface area contributed by atoms with Crippen LogP contribution < -0.4 is 10.6 Å². The molecule has 26 heavy (non-hydrogen) atoms. The fourth-order valence-corrected chi connectivity index (χ4v) is 3.29. The maximum Gasteiger partial charge on any atom is 0.351 e. The van der Waals surface area contributed by atoms with Crippen molar-refractivity contribution >= 4 is 35.6 Å². The second kappa shape index (κ2) is 8.43. The number of amides is 1. The normalized spacial score (nSPS) is 18.7. The van der Waals surface area contributed by atoms with Crippen LogP contribution in [0.2, 0.25) is 0 Å². The van der Waals surface area contributed by atoms with Crippen LogP contribution in [0.5, 0.6) is 5.95 Å². The average molecular weight is 383 g/mol. The number of oxime groups is 1. The zero-order valence-electron chi connectivity index (χ0n) is 13.9. The van der Waals surface area contributed by atoms with Gasteiger partial charge in [0.1, 0.15) is 30.5 Å². The highest BCUT2D eigenvalue weighted by Crippen LogP contribution is 2.24. The Kier molecular flexibility index (Phi) is 6.28. The molecule has 0 saturated carbocycles. The van der Waals surface area contributed by atoms with Gasteiger partial charge in [0.2, 0.25) is 5.71 Å². The summed E-state index contributed by atoms with van der Waals surface area (Å²) in [6.45, 7) is 1.67. The molecule has 0 aromatic carbocycles. The summed E-state index contributed by atoms with van der Waals surface area (Å²) < 4.78 is 4.93. The molecule has 1 aliphatic rings. The first-order chi connectivity index (χ1) is 12.4. The fourth-order valence-electron chi connectivity index (χ4n) is 2.18. The number of furan rings is 1. The molecule has 2 heterocycles. The molecule has 0 aliphatic carbocycles. The van der Waals surface area contributed by atoms with Crippen LogP contribution in [0.3, 0.4) is 0 Å². The highest BCUT2D eigenvalue weighted by atomic mass is 32.2. The smallest absolute Gasteiger partial charge is 0.351 e. The zero-order valence-corrected chi connectivity index (χ0v) is 14.7. The summed E-state index contributed by atoms with van der Waals surface area (Å²) in [5.74, 6) is -2.01. The van der Waals surface area contributed by atoms with Gasteiger partial charge in [-0.1, -0.05) is 5.16 Å². The summed E-state index contributed by atoms with van der Waals surface area (Å²) in [6.07, 6.45) is 0.493. The molecule has 0 spiro atoms. The van der Waals surface area contributed by atoms with Crippen molar-refractivity contribution in [3.63, 3.8) is 0 Å². The molecule has 0 saturated heterocycles. The van der Waals surface area contributed by atoms with Gasteiger partial charge in [-0.25, -0.2) is 4.79 Å². The first kappa shape index (κ1) is 19.4. The molecule has 0 fully saturated rings. The Morgan fingerprint density at radius 3 is 2.81 bits per heavy atom. The minimum atomic E-state index is -1.14. The number of thioether (sulfide) groups is 1. The van der Waals surface area contributed by atoms with Crippen molar-refractivity contribution in [3.8, 4) is 5.95 Å². The first-order valence-corrected chi connectivity index (χ1v) is 8.40. The van der Waals surface area contributed by atoms with E-state index < -0.39 is 29.2 Å². The maximum atomic E-state index is 12.4. The molecule has 140 valence electrons. The summed E-state index contributed by atoms with van der Waals surface area (Å²) in [5.41, 5.74) is 0.338. The van der Waals surface area contributed by atoms with Crippen molar-refractivity contribution in [2.24, 2.45) is 5.16 Å². The number of hydrogen-bond acceptors (Lipinski definition) is 9. The van der Waals surface area contributed by atoms with E-state index in [0.717, 1.165) is 0 Å². The second-order valence-corrected chi connectivity index (χ2v) is 6.36. The molecule has 0 bridgehead atoms. The van der Waals surface area contributed by atoms with E-state index in [-0.39, 0.29) is 17.2 Å². The van der Waals surface area contributed by atoms with Gasteiger partial charge in [0.25, 0.3) is 11.9 Å². The van der Waals surface area contributed by atoms with Gasteiger partial charge in [-0.2, -0.15) is 0 Å². The number of carboxylic acids is 1. The Labute approximate surface area is 152 Å². The summed E-state index contributed by atoms with van der Waals surface area (Å²) in [4.78, 5) is 39.8. The molecule has 11 heteroatoms. The van der Waals surface area contributed by atoms with Gasteiger partial charge >= 0.3 is 5.97 Å². The van der Waals surface area contributed by atoms with Crippen molar-refractivity contribution in [2.75, 3.05) is 12.9 Å². The van der Waals surface area contributed by atoms with Gasteiger partial charge in [-0.3, -0.25) is 4.79 Å². The number of nitrogens with one attached hydrogen (secondary N) is 2. The van der Waals surface area contributed by atoms with Crippen LogP contribution in [0, 0.1) is 0 Å². The van der Waals surface area contributed by atoms with Crippen LogP contribution in [-0.4, -0.2) is 58.4 Å². The van der Waals surface area contributed by atoms with E-state index in [1.807, 2.05) is 0 Å². The summed E-state index contributed by atoms with van der Waals surface area (Å²) in [7, 11) is 1.22. The number of carbonyl (C=O) groups excluding carboxylic acids is 2. The predicted molar refractivity (Wildman–Crippen MR) is 91.6 cm³/mol. The van der Waals surface area contributed by atoms with Crippen LogP contribution in [0.15, 0.2) is 33.0 Å². The Morgan fingerprint density at radius 1 is 1.54 bits per heavy atom. The van der Waals surface area contributed by atoms with Crippen LogP contribution in [0.1, 0.15) is 12.7 Å². The van der Waals surface area contributed by atoms with Gasteiger partial charge in [0.05, 0.1) is 0 Å². The van der Waals surface area contributed by atoms with Gasteiger partial charge in [0.15, 0.2) is 5.76 Å². The number of nitrogens with zero attached hydrogens (tertiary/aromatic N) is 1. The van der Waals surface area contributed by atoms with E-state index in [2.05, 4.69) is 20.6 Å². The lowest BCUT2D eigenvalue weighted by Gasteiger charge is -2.30. The molecular formula is C15H17N3O7S. The van der Waals surface area contributed by atoms with Crippen molar-refractivity contribution < 1.29 is 33.9 Å². The third-order valence-corrected chi connectivity index (χ3v) is 4.77. The molecule has 1 aromatic heterocycles. The van der Waals surface area contributed by atoms with Crippen LogP contribution in [0.25, 0.3) is 0 Å². The van der Waals surface area contributed by atoms with E-state index in [9.17, 15) is 24.6 Å². The Bertz CT molecular complexity index is 771. The molecule has 1 aliphatic heterocycles. The number of aliphatic carboxylic acids is 1. The third-order valence-electron chi connectivity index (χ3n) is 3.40. The number of hydrogen-bond donors (Lipinski definition) is 4. The van der Waals surface area contributed by atoms with Crippen molar-refractivity contribution in [1.82, 2.24) is 10.6 Å². The Hall–Kier alpha value is -2.95. The van der Waals surface area contributed by atoms with Crippen LogP contribution in [-0.2, 0) is 19.2 Å². The number of aldehydes is 1. The lowest BCUT2D eigenvalue weighted by Crippen LogP contribution is -2.52. The minimum absolute atomic E-state index is 0.00316. The molecule has 1 aromatic rings. The standard InChI is InChI=1S/C15H17N3O7S/c1-7-6-26-14(17-11(7)15(22)23)8(5-19)16-13(21)12(18-24-2)9-3-4-10(20)25-9/h3-5,8,14,17,20H,6H2,1-2H3,(H,16,21)(H,22,23)/b18-12+/t8-,14-/m1/s1. The van der Waals surface area contributed by atoms with E-state index in [1.54, 1.807) is 6.92 Å². The van der Waals surface area contributed by atoms with E-state index in [1.165, 1.54) is 31.0 Å². The van der Waals surface area contributed by atoms with Crippen LogP contribution in [0.4, 0.5) is 0 Å². The van der Waals surface area contributed by atoms with Gasteiger partial charge in [0, 0.05) is 11.8 Å². The van der Waals surface area contributed by atoms with E-state index in [4.69, 9.17) is 4.42 Å². The molecular weight excluding hydrogens is 366 g/mol. The summed E-state index contributed by atoms with van der Waals surface area (Å²) in [5, 5.41) is 26.5. The molecule has 4 N–H and O–H groups in total. The monoisotopic (exact) mass is 383 g/mol. The SMILES string of the molecule is CO/N=C(/C(=O)N[C@H](C=O)[C@@H]1NC(C(=O)O)=C(C)CS1)c1ccc(O)o1. The maximum absolute atomic E-state index is 12.4. The highest BCUT2D eigenvalue weighted by Gasteiger charge is 2.31. The van der Waals surface area contributed by atoms with Crippen molar-refractivity contribution in [2.45, 2.75) is 18.3 Å². The number of rotatable bonds is 7. The minimum Gasteiger partial charge on any atom is -0.481 e. The van der Waals surface area contributed by atoms with E-state index in [0.29, 0.717) is 17.6 Å². The fraction of sp³-hybridized carbons (Fsp3) is 0.333. The van der Waals surface area contributed by atoms with E-state index >= 15 is 0 Å². The predicted octanol–water partition coefficient (Wildman–Crippen LogP) is 0.0405. The summed E-state index contributed by atoms with van der Waals surface area (Å²) in [6, 6.07) is 1.49. The van der Waals surface area contributed by atoms with Gasteiger partial charge in [-0.05, 0) is 18.6 Å². The summed E-state index contributed by atoms with van der Waals surface area (Å²) >= 11 is 1.28. The number of carbonyl (C=O) groups is 3. The second-order valence-electron chi connectivity index (χ2n) is 5.23. The average Bonchev–Trinajstić information content (AvgIpc) is 3.03. The molecule has 0 radical (unpaired) electrons. The van der Waals surface area contributed by atoms with Crippen molar-refractivity contribution in [3.05, 3.63) is 29.2 Å². The molecule has 10 nitrogen and oxygen atoms in total. The van der Waals surface area contributed by atoms with Crippen LogP contribution >= 0.6 is 11.8 Å². The zero-order chi connectivity index (χ0) is 19.3. The Morgan fingerprint density at radius 2 is 2.27 bits per heavy atom. The lowest BCUT2D eigenvalue weighted by molar-refractivity contribution is -0.133. The molecule has 1 amide bonds. The van der Waals surface area contributed by atoms with Gasteiger partial charge in [-0.15, -0.1) is 11.8 Å².